The third kappa shape index (κ3) is 3.78. The van der Waals surface area contributed by atoms with Crippen molar-refractivity contribution in [3.8, 4) is 0 Å². The Labute approximate surface area is 193 Å². The lowest BCUT2D eigenvalue weighted by Gasteiger charge is -2.35. The number of hydrogen-bond acceptors (Lipinski definition) is 4. The van der Waals surface area contributed by atoms with Gasteiger partial charge < -0.3 is 14.8 Å². The molecule has 3 heterocycles. The van der Waals surface area contributed by atoms with E-state index in [9.17, 15) is 14.0 Å². The molecule has 5 rings (SSSR count). The van der Waals surface area contributed by atoms with Crippen LogP contribution in [0.3, 0.4) is 0 Å². The number of thiophene rings is 1. The van der Waals surface area contributed by atoms with Crippen LogP contribution in [0.1, 0.15) is 26.3 Å². The number of aromatic amines is 1. The van der Waals surface area contributed by atoms with E-state index in [-0.39, 0.29) is 11.7 Å². The lowest BCUT2D eigenvalue weighted by atomic mass is 9.98. The summed E-state index contributed by atoms with van der Waals surface area (Å²) in [6, 6.07) is 14.7. The zero-order valence-corrected chi connectivity index (χ0v) is 18.5. The van der Waals surface area contributed by atoms with Crippen molar-refractivity contribution in [1.29, 1.82) is 0 Å². The van der Waals surface area contributed by atoms with E-state index in [0.29, 0.717) is 53.8 Å². The summed E-state index contributed by atoms with van der Waals surface area (Å²) in [6.07, 6.45) is 1.62. The second-order valence-electron chi connectivity index (χ2n) is 7.62. The molecule has 0 spiro atoms. The van der Waals surface area contributed by atoms with Gasteiger partial charge in [0.2, 0.25) is 0 Å². The van der Waals surface area contributed by atoms with Crippen molar-refractivity contribution in [3.05, 3.63) is 87.6 Å². The molecular weight excluding hydrogens is 449 g/mol. The number of carbonyl (C=O) groups is 2. The minimum Gasteiger partial charge on any atom is -0.360 e. The number of fused-ring (bicyclic) bond motifs is 1. The highest BCUT2D eigenvalue weighted by Gasteiger charge is 2.26. The van der Waals surface area contributed by atoms with E-state index < -0.39 is 5.82 Å². The number of halogens is 2. The summed E-state index contributed by atoms with van der Waals surface area (Å²) in [7, 11) is 0. The van der Waals surface area contributed by atoms with Gasteiger partial charge in [0.1, 0.15) is 5.82 Å². The average Bonchev–Trinajstić information content (AvgIpc) is 3.45. The number of H-pyrrole nitrogens is 1. The van der Waals surface area contributed by atoms with Gasteiger partial charge in [-0.2, -0.15) is 0 Å². The molecule has 5 nitrogen and oxygen atoms in total. The third-order valence-electron chi connectivity index (χ3n) is 5.72. The van der Waals surface area contributed by atoms with Gasteiger partial charge >= 0.3 is 0 Å². The van der Waals surface area contributed by atoms with Crippen LogP contribution < -0.4 is 4.90 Å². The summed E-state index contributed by atoms with van der Waals surface area (Å²) in [5.41, 5.74) is 1.98. The number of benzene rings is 2. The maximum atomic E-state index is 13.4. The zero-order valence-electron chi connectivity index (χ0n) is 17.0. The fourth-order valence-corrected chi connectivity index (χ4v) is 5.16. The predicted molar refractivity (Wildman–Crippen MR) is 126 cm³/mol. The van der Waals surface area contributed by atoms with Crippen molar-refractivity contribution < 1.29 is 14.0 Å². The van der Waals surface area contributed by atoms with Crippen molar-refractivity contribution >= 4 is 50.5 Å². The molecule has 1 saturated heterocycles. The van der Waals surface area contributed by atoms with Crippen LogP contribution in [0.2, 0.25) is 4.34 Å². The van der Waals surface area contributed by atoms with E-state index in [1.54, 1.807) is 12.3 Å². The smallest absolute Gasteiger partial charge is 0.254 e. The van der Waals surface area contributed by atoms with Crippen LogP contribution in [-0.4, -0.2) is 47.8 Å². The minimum atomic E-state index is -0.402. The molecule has 0 aliphatic carbocycles. The minimum absolute atomic E-state index is 0.104. The van der Waals surface area contributed by atoms with Crippen molar-refractivity contribution in [2.24, 2.45) is 0 Å². The molecule has 0 bridgehead atoms. The Morgan fingerprint density at radius 3 is 2.38 bits per heavy atom. The fraction of sp³-hybridized carbons (Fsp3) is 0.167. The highest BCUT2D eigenvalue weighted by Crippen LogP contribution is 2.31. The van der Waals surface area contributed by atoms with Crippen LogP contribution in [0, 0.1) is 5.82 Å². The highest BCUT2D eigenvalue weighted by molar-refractivity contribution is 7.19. The Bertz CT molecular complexity index is 1310. The van der Waals surface area contributed by atoms with Crippen LogP contribution in [0.15, 0.2) is 60.8 Å². The summed E-state index contributed by atoms with van der Waals surface area (Å²) in [5, 5.41) is 1.70. The van der Waals surface area contributed by atoms with Crippen LogP contribution >= 0.6 is 22.9 Å². The zero-order chi connectivity index (χ0) is 22.2. The molecule has 2 aromatic carbocycles. The first-order chi connectivity index (χ1) is 15.5. The fourth-order valence-electron chi connectivity index (χ4n) is 4.07. The first-order valence-corrected chi connectivity index (χ1v) is 11.4. The summed E-state index contributed by atoms with van der Waals surface area (Å²) >= 11 is 7.58. The number of carbonyl (C=O) groups excluding carboxylic acids is 2. The molecule has 8 heteroatoms. The van der Waals surface area contributed by atoms with Crippen LogP contribution in [0.25, 0.3) is 10.9 Å². The number of ketones is 1. The molecule has 0 unspecified atom stereocenters. The van der Waals surface area contributed by atoms with Crippen molar-refractivity contribution in [2.45, 2.75) is 0 Å². The maximum absolute atomic E-state index is 13.4. The molecule has 0 saturated carbocycles. The molecular formula is C24H19ClFN3O2S. The molecule has 1 aliphatic heterocycles. The lowest BCUT2D eigenvalue weighted by molar-refractivity contribution is 0.0749. The largest absolute Gasteiger partial charge is 0.360 e. The highest BCUT2D eigenvalue weighted by atomic mass is 35.5. The third-order valence-corrected chi connectivity index (χ3v) is 7.02. The molecule has 32 heavy (non-hydrogen) atoms. The molecule has 0 radical (unpaired) electrons. The van der Waals surface area contributed by atoms with Gasteiger partial charge in [0.25, 0.3) is 5.91 Å². The standard InChI is InChI=1S/C24H19ClFN3O2S/c25-20-8-9-21(32-20)28-10-12-29(13-11-28)24(31)17-2-1-3-19-22(17)18(14-27-19)23(30)15-4-6-16(26)7-5-15/h1-9,14,27H,10-13H2. The molecule has 1 aliphatic rings. The van der Waals surface area contributed by atoms with Gasteiger partial charge in [0.15, 0.2) is 5.78 Å². The van der Waals surface area contributed by atoms with Gasteiger partial charge in [-0.25, -0.2) is 4.39 Å². The molecule has 4 aromatic rings. The van der Waals surface area contributed by atoms with E-state index in [2.05, 4.69) is 9.88 Å². The van der Waals surface area contributed by atoms with E-state index >= 15 is 0 Å². The van der Waals surface area contributed by atoms with Crippen molar-refractivity contribution in [1.82, 2.24) is 9.88 Å². The Morgan fingerprint density at radius 1 is 0.938 bits per heavy atom. The quantitative estimate of drug-likeness (QED) is 0.419. The number of hydrogen-bond donors (Lipinski definition) is 1. The first kappa shape index (κ1) is 20.7. The van der Waals surface area contributed by atoms with Gasteiger partial charge in [-0.05, 0) is 48.5 Å². The van der Waals surface area contributed by atoms with Crippen LogP contribution in [0.4, 0.5) is 9.39 Å². The predicted octanol–water partition coefficient (Wildman–Crippen LogP) is 5.22. The van der Waals surface area contributed by atoms with Crippen molar-refractivity contribution in [3.63, 3.8) is 0 Å². The van der Waals surface area contributed by atoms with Crippen LogP contribution in [0.5, 0.6) is 0 Å². The number of anilines is 1. The molecule has 162 valence electrons. The van der Waals surface area contributed by atoms with Gasteiger partial charge in [0.05, 0.1) is 9.34 Å². The lowest BCUT2D eigenvalue weighted by Crippen LogP contribution is -2.48. The summed E-state index contributed by atoms with van der Waals surface area (Å²) in [6.45, 7) is 2.59. The maximum Gasteiger partial charge on any atom is 0.254 e. The molecule has 0 atom stereocenters. The van der Waals surface area contributed by atoms with E-state index in [4.69, 9.17) is 11.6 Å². The van der Waals surface area contributed by atoms with Gasteiger partial charge in [0, 0.05) is 60.0 Å². The SMILES string of the molecule is O=C(c1ccc(F)cc1)c1c[nH]c2cccc(C(=O)N3CCN(c4ccc(Cl)s4)CC3)c12. The van der Waals surface area contributed by atoms with Crippen LogP contribution in [-0.2, 0) is 0 Å². The van der Waals surface area contributed by atoms with E-state index in [0.717, 1.165) is 9.34 Å². The summed E-state index contributed by atoms with van der Waals surface area (Å²) in [5.74, 6) is -0.761. The number of nitrogens with zero attached hydrogens (tertiary/aromatic N) is 2. The monoisotopic (exact) mass is 467 g/mol. The molecule has 1 fully saturated rings. The Morgan fingerprint density at radius 2 is 1.69 bits per heavy atom. The molecule has 1 amide bonds. The van der Waals surface area contributed by atoms with Gasteiger partial charge in [-0.15, -0.1) is 11.3 Å². The molecule has 1 N–H and O–H groups in total. The number of aromatic nitrogens is 1. The van der Waals surface area contributed by atoms with Gasteiger partial charge in [-0.1, -0.05) is 17.7 Å². The van der Waals surface area contributed by atoms with Gasteiger partial charge in [-0.3, -0.25) is 9.59 Å². The Hall–Kier alpha value is -3.16. The number of piperazine rings is 1. The summed E-state index contributed by atoms with van der Waals surface area (Å²) < 4.78 is 14.0. The summed E-state index contributed by atoms with van der Waals surface area (Å²) in [4.78, 5) is 33.7. The van der Waals surface area contributed by atoms with E-state index in [1.165, 1.54) is 35.6 Å². The first-order valence-electron chi connectivity index (χ1n) is 10.2. The topological polar surface area (TPSA) is 56.4 Å². The number of rotatable bonds is 4. The second kappa shape index (κ2) is 8.41. The Balaban J connectivity index is 1.42. The normalized spacial score (nSPS) is 14.2. The number of nitrogens with one attached hydrogen (secondary N) is 1. The van der Waals surface area contributed by atoms with Crippen molar-refractivity contribution in [2.75, 3.05) is 31.1 Å². The molecule has 2 aromatic heterocycles. The second-order valence-corrected chi connectivity index (χ2v) is 9.32. The number of amides is 1. The Kier molecular flexibility index (Phi) is 5.45. The van der Waals surface area contributed by atoms with E-state index in [1.807, 2.05) is 29.2 Å². The average molecular weight is 468 g/mol.